The molecule has 1 aliphatic heterocycles. The Balaban J connectivity index is 1.55. The summed E-state index contributed by atoms with van der Waals surface area (Å²) < 4.78 is 15.0. The molecule has 31 heavy (non-hydrogen) atoms. The molecule has 0 radical (unpaired) electrons. The second kappa shape index (κ2) is 8.71. The van der Waals surface area contributed by atoms with Crippen LogP contribution in [0.15, 0.2) is 54.7 Å². The van der Waals surface area contributed by atoms with Crippen LogP contribution in [0.3, 0.4) is 0 Å². The highest BCUT2D eigenvalue weighted by atomic mass is 19.1. The lowest BCUT2D eigenvalue weighted by Crippen LogP contribution is -2.23. The van der Waals surface area contributed by atoms with Crippen molar-refractivity contribution in [2.45, 2.75) is 39.2 Å². The van der Waals surface area contributed by atoms with Crippen molar-refractivity contribution >= 4 is 17.5 Å². The van der Waals surface area contributed by atoms with Crippen LogP contribution in [0.1, 0.15) is 54.2 Å². The van der Waals surface area contributed by atoms with Crippen LogP contribution in [-0.4, -0.2) is 33.0 Å². The first kappa shape index (κ1) is 20.8. The van der Waals surface area contributed by atoms with Crippen LogP contribution in [0.2, 0.25) is 0 Å². The highest BCUT2D eigenvalue weighted by Crippen LogP contribution is 2.25. The van der Waals surface area contributed by atoms with Gasteiger partial charge in [-0.25, -0.2) is 9.07 Å². The summed E-state index contributed by atoms with van der Waals surface area (Å²) in [6.07, 6.45) is 3.04. The van der Waals surface area contributed by atoms with Gasteiger partial charge in [0.15, 0.2) is 0 Å². The molecule has 0 aliphatic carbocycles. The first-order valence-corrected chi connectivity index (χ1v) is 10.4. The molecule has 2 aromatic carbocycles. The summed E-state index contributed by atoms with van der Waals surface area (Å²) in [5.41, 5.74) is 3.56. The number of hydrogen-bond donors (Lipinski definition) is 1. The van der Waals surface area contributed by atoms with Crippen molar-refractivity contribution in [1.82, 2.24) is 14.7 Å². The van der Waals surface area contributed by atoms with E-state index in [-0.39, 0.29) is 23.5 Å². The highest BCUT2D eigenvalue weighted by molar-refractivity contribution is 6.05. The molecule has 1 saturated heterocycles. The first-order valence-electron chi connectivity index (χ1n) is 10.4. The maximum Gasteiger partial charge on any atom is 0.259 e. The fourth-order valence-corrected chi connectivity index (χ4v) is 3.91. The van der Waals surface area contributed by atoms with Gasteiger partial charge in [0.2, 0.25) is 5.91 Å². The number of halogens is 1. The van der Waals surface area contributed by atoms with E-state index >= 15 is 0 Å². The zero-order chi connectivity index (χ0) is 22.0. The third-order valence-electron chi connectivity index (χ3n) is 5.40. The molecule has 4 rings (SSSR count). The van der Waals surface area contributed by atoms with Crippen LogP contribution in [-0.2, 0) is 11.3 Å². The Morgan fingerprint density at radius 1 is 1.19 bits per heavy atom. The van der Waals surface area contributed by atoms with Crippen molar-refractivity contribution in [2.24, 2.45) is 0 Å². The van der Waals surface area contributed by atoms with Crippen molar-refractivity contribution in [3.8, 4) is 5.69 Å². The predicted molar refractivity (Wildman–Crippen MR) is 117 cm³/mol. The second-order valence-corrected chi connectivity index (χ2v) is 8.06. The molecule has 1 fully saturated rings. The van der Waals surface area contributed by atoms with E-state index in [0.29, 0.717) is 29.9 Å². The van der Waals surface area contributed by atoms with Crippen LogP contribution in [0.25, 0.3) is 5.69 Å². The Morgan fingerprint density at radius 2 is 1.97 bits per heavy atom. The molecule has 0 spiro atoms. The van der Waals surface area contributed by atoms with Gasteiger partial charge in [0.05, 0.1) is 23.1 Å². The number of amides is 2. The Kier molecular flexibility index (Phi) is 5.84. The third-order valence-corrected chi connectivity index (χ3v) is 5.40. The van der Waals surface area contributed by atoms with Crippen LogP contribution in [0.4, 0.5) is 10.1 Å². The van der Waals surface area contributed by atoms with Crippen LogP contribution >= 0.6 is 0 Å². The van der Waals surface area contributed by atoms with E-state index in [9.17, 15) is 14.0 Å². The van der Waals surface area contributed by atoms with Crippen molar-refractivity contribution in [3.63, 3.8) is 0 Å². The molecule has 0 atom stereocenters. The van der Waals surface area contributed by atoms with E-state index in [0.717, 1.165) is 24.2 Å². The van der Waals surface area contributed by atoms with Crippen LogP contribution < -0.4 is 5.32 Å². The lowest BCUT2D eigenvalue weighted by atomic mass is 10.0. The second-order valence-electron chi connectivity index (χ2n) is 8.06. The summed E-state index contributed by atoms with van der Waals surface area (Å²) in [5.74, 6) is -0.382. The van der Waals surface area contributed by atoms with Gasteiger partial charge in [0.1, 0.15) is 5.82 Å². The summed E-state index contributed by atoms with van der Waals surface area (Å²) in [5, 5.41) is 7.33. The van der Waals surface area contributed by atoms with E-state index in [1.54, 1.807) is 23.0 Å². The van der Waals surface area contributed by atoms with Gasteiger partial charge in [-0.3, -0.25) is 9.59 Å². The minimum Gasteiger partial charge on any atom is -0.338 e. The summed E-state index contributed by atoms with van der Waals surface area (Å²) in [6.45, 7) is 5.29. The SMILES string of the molecule is CC(C)c1c(C(=O)Nc2cccc(CN3CCCC3=O)c2)cnn1-c1ccc(F)cc1. The molecule has 2 amide bonds. The number of rotatable bonds is 6. The Labute approximate surface area is 180 Å². The molecule has 160 valence electrons. The third kappa shape index (κ3) is 4.50. The highest BCUT2D eigenvalue weighted by Gasteiger charge is 2.22. The van der Waals surface area contributed by atoms with Crippen molar-refractivity contribution in [3.05, 3.63) is 77.4 Å². The van der Waals surface area contributed by atoms with E-state index in [2.05, 4.69) is 10.4 Å². The van der Waals surface area contributed by atoms with Gasteiger partial charge in [-0.1, -0.05) is 26.0 Å². The number of nitrogens with one attached hydrogen (secondary N) is 1. The van der Waals surface area contributed by atoms with Gasteiger partial charge in [-0.2, -0.15) is 5.10 Å². The number of benzene rings is 2. The summed E-state index contributed by atoms with van der Waals surface area (Å²) >= 11 is 0. The van der Waals surface area contributed by atoms with E-state index in [1.165, 1.54) is 12.1 Å². The normalized spacial score (nSPS) is 13.8. The maximum absolute atomic E-state index is 13.3. The number of carbonyl (C=O) groups excluding carboxylic acids is 2. The Morgan fingerprint density at radius 3 is 2.65 bits per heavy atom. The van der Waals surface area contributed by atoms with Gasteiger partial charge >= 0.3 is 0 Å². The molecule has 1 aliphatic rings. The molecule has 7 heteroatoms. The zero-order valence-electron chi connectivity index (χ0n) is 17.6. The van der Waals surface area contributed by atoms with E-state index < -0.39 is 0 Å². The van der Waals surface area contributed by atoms with E-state index in [1.807, 2.05) is 43.0 Å². The minimum absolute atomic E-state index is 0.0285. The molecule has 0 unspecified atom stereocenters. The average molecular weight is 420 g/mol. The average Bonchev–Trinajstić information content (AvgIpc) is 3.36. The lowest BCUT2D eigenvalue weighted by molar-refractivity contribution is -0.128. The van der Waals surface area contributed by atoms with E-state index in [4.69, 9.17) is 0 Å². The molecule has 0 bridgehead atoms. The molecule has 0 saturated carbocycles. The van der Waals surface area contributed by atoms with Gasteiger partial charge in [0.25, 0.3) is 5.91 Å². The number of aromatic nitrogens is 2. The van der Waals surface area contributed by atoms with Gasteiger partial charge in [-0.05, 0) is 54.3 Å². The molecular weight excluding hydrogens is 395 g/mol. The topological polar surface area (TPSA) is 67.2 Å². The zero-order valence-corrected chi connectivity index (χ0v) is 17.6. The standard InChI is InChI=1S/C24H25FN4O2/c1-16(2)23-21(14-26-29(23)20-10-8-18(25)9-11-20)24(31)27-19-6-3-5-17(13-19)15-28-12-4-7-22(28)30/h3,5-6,8-11,13-14,16H,4,7,12,15H2,1-2H3,(H,27,31). The molecule has 2 heterocycles. The van der Waals surface area contributed by atoms with Gasteiger partial charge in [0, 0.05) is 25.2 Å². The Bertz CT molecular complexity index is 1110. The number of nitrogens with zero attached hydrogens (tertiary/aromatic N) is 3. The number of anilines is 1. The fraction of sp³-hybridized carbons (Fsp3) is 0.292. The van der Waals surface area contributed by atoms with Crippen molar-refractivity contribution in [1.29, 1.82) is 0 Å². The summed E-state index contributed by atoms with van der Waals surface area (Å²) in [6, 6.07) is 13.6. The molecule has 3 aromatic rings. The first-order chi connectivity index (χ1) is 14.9. The quantitative estimate of drug-likeness (QED) is 0.638. The lowest BCUT2D eigenvalue weighted by Gasteiger charge is -2.16. The van der Waals surface area contributed by atoms with Gasteiger partial charge < -0.3 is 10.2 Å². The number of hydrogen-bond acceptors (Lipinski definition) is 3. The largest absolute Gasteiger partial charge is 0.338 e. The van der Waals surface area contributed by atoms with Crippen molar-refractivity contribution in [2.75, 3.05) is 11.9 Å². The molecule has 1 aromatic heterocycles. The van der Waals surface area contributed by atoms with Crippen LogP contribution in [0, 0.1) is 5.82 Å². The molecule has 6 nitrogen and oxygen atoms in total. The molecular formula is C24H25FN4O2. The minimum atomic E-state index is -0.324. The summed E-state index contributed by atoms with van der Waals surface area (Å²) in [4.78, 5) is 26.8. The Hall–Kier alpha value is -3.48. The fourth-order valence-electron chi connectivity index (χ4n) is 3.91. The maximum atomic E-state index is 13.3. The molecule has 1 N–H and O–H groups in total. The van der Waals surface area contributed by atoms with Crippen LogP contribution in [0.5, 0.6) is 0 Å². The van der Waals surface area contributed by atoms with Crippen molar-refractivity contribution < 1.29 is 14.0 Å². The predicted octanol–water partition coefficient (Wildman–Crippen LogP) is 4.51. The smallest absolute Gasteiger partial charge is 0.259 e. The van der Waals surface area contributed by atoms with Gasteiger partial charge in [-0.15, -0.1) is 0 Å². The number of carbonyl (C=O) groups is 2. The number of likely N-dealkylation sites (tertiary alicyclic amines) is 1. The monoisotopic (exact) mass is 420 g/mol. The summed E-state index contributed by atoms with van der Waals surface area (Å²) in [7, 11) is 0.